The summed E-state index contributed by atoms with van der Waals surface area (Å²) in [6.07, 6.45) is 4.24. The zero-order valence-electron chi connectivity index (χ0n) is 11.0. The number of ether oxygens (including phenoxy) is 2. The fraction of sp³-hybridized carbons (Fsp3) is 0.923. The van der Waals surface area contributed by atoms with Crippen molar-refractivity contribution in [3.05, 3.63) is 0 Å². The predicted octanol–water partition coefficient (Wildman–Crippen LogP) is 0.492. The number of piperidine rings is 1. The molecule has 18 heavy (non-hydrogen) atoms. The van der Waals surface area contributed by atoms with Gasteiger partial charge in [0.05, 0.1) is 25.8 Å². The van der Waals surface area contributed by atoms with Gasteiger partial charge in [0.15, 0.2) is 5.79 Å². The third kappa shape index (κ3) is 2.53. The van der Waals surface area contributed by atoms with Crippen LogP contribution in [0, 0.1) is 0 Å². The molecule has 0 radical (unpaired) electrons. The molecule has 1 N–H and O–H groups in total. The smallest absolute Gasteiger partial charge is 0.237 e. The number of likely N-dealkylation sites (tertiary alicyclic amines) is 1. The lowest BCUT2D eigenvalue weighted by Gasteiger charge is -2.40. The van der Waals surface area contributed by atoms with E-state index >= 15 is 0 Å². The third-order valence-corrected chi connectivity index (χ3v) is 4.11. The van der Waals surface area contributed by atoms with Gasteiger partial charge < -0.3 is 14.8 Å². The summed E-state index contributed by atoms with van der Waals surface area (Å²) >= 11 is 0. The highest BCUT2D eigenvalue weighted by molar-refractivity contribution is 5.81. The molecule has 3 rings (SSSR count). The Morgan fingerprint density at radius 3 is 2.78 bits per heavy atom. The van der Waals surface area contributed by atoms with Crippen LogP contribution in [0.25, 0.3) is 0 Å². The standard InChI is InChI=1S/C13H22N2O3/c1-10(12(16)14-11-3-4-11)15-6-2-5-13(9-15)17-7-8-18-13/h10-11H,2-9H2,1H3,(H,14,16). The molecule has 3 fully saturated rings. The number of amides is 1. The van der Waals surface area contributed by atoms with Crippen LogP contribution in [0.15, 0.2) is 0 Å². The Morgan fingerprint density at radius 2 is 2.11 bits per heavy atom. The van der Waals surface area contributed by atoms with Gasteiger partial charge in [0.25, 0.3) is 0 Å². The van der Waals surface area contributed by atoms with E-state index < -0.39 is 5.79 Å². The Balaban J connectivity index is 1.58. The van der Waals surface area contributed by atoms with Crippen LogP contribution in [-0.2, 0) is 14.3 Å². The molecular weight excluding hydrogens is 232 g/mol. The van der Waals surface area contributed by atoms with Crippen molar-refractivity contribution in [2.45, 2.75) is 50.5 Å². The van der Waals surface area contributed by atoms with Crippen LogP contribution in [0.1, 0.15) is 32.6 Å². The molecule has 1 aliphatic carbocycles. The number of carbonyl (C=O) groups excluding carboxylic acids is 1. The Kier molecular flexibility index (Phi) is 3.30. The third-order valence-electron chi connectivity index (χ3n) is 4.11. The number of carbonyl (C=O) groups is 1. The number of hydrogen-bond donors (Lipinski definition) is 1. The van der Waals surface area contributed by atoms with Crippen molar-refractivity contribution in [2.75, 3.05) is 26.3 Å². The topological polar surface area (TPSA) is 50.8 Å². The minimum Gasteiger partial charge on any atom is -0.352 e. The molecule has 102 valence electrons. The molecule has 0 aromatic rings. The van der Waals surface area contributed by atoms with Crippen molar-refractivity contribution in [1.82, 2.24) is 10.2 Å². The molecule has 0 aromatic heterocycles. The zero-order chi connectivity index (χ0) is 12.6. The molecule has 3 aliphatic rings. The van der Waals surface area contributed by atoms with Gasteiger partial charge in [0.1, 0.15) is 0 Å². The van der Waals surface area contributed by atoms with Gasteiger partial charge in [0, 0.05) is 12.5 Å². The van der Waals surface area contributed by atoms with Crippen molar-refractivity contribution in [3.63, 3.8) is 0 Å². The van der Waals surface area contributed by atoms with Crippen molar-refractivity contribution in [1.29, 1.82) is 0 Å². The van der Waals surface area contributed by atoms with E-state index in [1.807, 2.05) is 6.92 Å². The summed E-state index contributed by atoms with van der Waals surface area (Å²) in [6, 6.07) is 0.341. The fourth-order valence-electron chi connectivity index (χ4n) is 2.80. The predicted molar refractivity (Wildman–Crippen MR) is 66.1 cm³/mol. The SMILES string of the molecule is CC(C(=O)NC1CC1)N1CCCC2(C1)OCCO2. The number of hydrogen-bond acceptors (Lipinski definition) is 4. The summed E-state index contributed by atoms with van der Waals surface area (Å²) < 4.78 is 11.5. The van der Waals surface area contributed by atoms with Gasteiger partial charge in [-0.2, -0.15) is 0 Å². The molecular formula is C13H22N2O3. The highest BCUT2D eigenvalue weighted by Crippen LogP contribution is 2.31. The minimum atomic E-state index is -0.438. The molecule has 0 bridgehead atoms. The normalized spacial score (nSPS) is 29.4. The summed E-state index contributed by atoms with van der Waals surface area (Å²) in [5.41, 5.74) is 0. The molecule has 2 heterocycles. The maximum absolute atomic E-state index is 12.1. The number of nitrogens with one attached hydrogen (secondary N) is 1. The van der Waals surface area contributed by atoms with Gasteiger partial charge in [-0.25, -0.2) is 0 Å². The second kappa shape index (κ2) is 4.79. The minimum absolute atomic E-state index is 0.0874. The molecule has 1 unspecified atom stereocenters. The average molecular weight is 254 g/mol. The van der Waals surface area contributed by atoms with Crippen molar-refractivity contribution < 1.29 is 14.3 Å². The maximum atomic E-state index is 12.1. The number of nitrogens with zero attached hydrogens (tertiary/aromatic N) is 1. The average Bonchev–Trinajstić information content (AvgIpc) is 3.08. The molecule has 5 heteroatoms. The summed E-state index contributed by atoms with van der Waals surface area (Å²) in [4.78, 5) is 14.2. The molecule has 2 aliphatic heterocycles. The quantitative estimate of drug-likeness (QED) is 0.796. The van der Waals surface area contributed by atoms with E-state index in [0.717, 1.165) is 32.2 Å². The fourth-order valence-corrected chi connectivity index (χ4v) is 2.80. The van der Waals surface area contributed by atoms with E-state index in [1.165, 1.54) is 0 Å². The Morgan fingerprint density at radius 1 is 1.39 bits per heavy atom. The van der Waals surface area contributed by atoms with E-state index in [0.29, 0.717) is 25.8 Å². The highest BCUT2D eigenvalue weighted by atomic mass is 16.7. The van der Waals surface area contributed by atoms with Crippen molar-refractivity contribution in [2.24, 2.45) is 0 Å². The van der Waals surface area contributed by atoms with E-state index in [-0.39, 0.29) is 11.9 Å². The Bertz CT molecular complexity index is 324. The van der Waals surface area contributed by atoms with Crippen LogP contribution in [0.2, 0.25) is 0 Å². The van der Waals surface area contributed by atoms with Crippen LogP contribution in [0.5, 0.6) is 0 Å². The molecule has 5 nitrogen and oxygen atoms in total. The van der Waals surface area contributed by atoms with Crippen LogP contribution < -0.4 is 5.32 Å². The van der Waals surface area contributed by atoms with E-state index in [1.54, 1.807) is 0 Å². The van der Waals surface area contributed by atoms with E-state index in [9.17, 15) is 4.79 Å². The summed E-state index contributed by atoms with van der Waals surface area (Å²) in [7, 11) is 0. The first kappa shape index (κ1) is 12.4. The summed E-state index contributed by atoms with van der Waals surface area (Å²) in [5.74, 6) is -0.292. The Labute approximate surface area is 108 Å². The molecule has 1 spiro atoms. The lowest BCUT2D eigenvalue weighted by Crippen LogP contribution is -2.55. The maximum Gasteiger partial charge on any atom is 0.237 e. The summed E-state index contributed by atoms with van der Waals surface area (Å²) in [5, 5.41) is 3.07. The van der Waals surface area contributed by atoms with Crippen molar-refractivity contribution >= 4 is 5.91 Å². The number of rotatable bonds is 3. The van der Waals surface area contributed by atoms with Crippen LogP contribution in [0.3, 0.4) is 0 Å². The van der Waals surface area contributed by atoms with Gasteiger partial charge in [0.2, 0.25) is 5.91 Å². The lowest BCUT2D eigenvalue weighted by atomic mass is 10.0. The summed E-state index contributed by atoms with van der Waals surface area (Å²) in [6.45, 7) is 5.00. The van der Waals surface area contributed by atoms with E-state index in [2.05, 4.69) is 10.2 Å². The highest BCUT2D eigenvalue weighted by Gasteiger charge is 2.43. The molecule has 0 aromatic carbocycles. The lowest BCUT2D eigenvalue weighted by molar-refractivity contribution is -0.193. The van der Waals surface area contributed by atoms with Crippen LogP contribution in [0.4, 0.5) is 0 Å². The second-order valence-electron chi connectivity index (χ2n) is 5.64. The van der Waals surface area contributed by atoms with Gasteiger partial charge in [-0.05, 0) is 32.7 Å². The molecule has 1 amide bonds. The monoisotopic (exact) mass is 254 g/mol. The van der Waals surface area contributed by atoms with Crippen LogP contribution >= 0.6 is 0 Å². The largest absolute Gasteiger partial charge is 0.352 e. The van der Waals surface area contributed by atoms with Gasteiger partial charge in [-0.1, -0.05) is 0 Å². The first-order valence-corrected chi connectivity index (χ1v) is 7.01. The first-order valence-electron chi connectivity index (χ1n) is 7.01. The van der Waals surface area contributed by atoms with Crippen LogP contribution in [-0.4, -0.2) is 55.0 Å². The molecule has 2 saturated heterocycles. The first-order chi connectivity index (χ1) is 8.69. The Hall–Kier alpha value is -0.650. The van der Waals surface area contributed by atoms with Gasteiger partial charge in [-0.3, -0.25) is 9.69 Å². The van der Waals surface area contributed by atoms with Gasteiger partial charge in [-0.15, -0.1) is 0 Å². The second-order valence-corrected chi connectivity index (χ2v) is 5.64. The van der Waals surface area contributed by atoms with E-state index in [4.69, 9.17) is 9.47 Å². The molecule has 1 saturated carbocycles. The zero-order valence-corrected chi connectivity index (χ0v) is 11.0. The van der Waals surface area contributed by atoms with Crippen molar-refractivity contribution in [3.8, 4) is 0 Å². The van der Waals surface area contributed by atoms with Gasteiger partial charge >= 0.3 is 0 Å². The molecule has 1 atom stereocenters.